The maximum absolute atomic E-state index is 5.52. The lowest BCUT2D eigenvalue weighted by atomic mass is 10.0. The molecule has 0 atom stereocenters. The van der Waals surface area contributed by atoms with E-state index < -0.39 is 0 Å². The average Bonchev–Trinajstić information content (AvgIpc) is 2.47. The molecule has 1 saturated carbocycles. The molecule has 1 rings (SSSR count). The molecule has 0 radical (unpaired) electrons. The first kappa shape index (κ1) is 10.1. The molecule has 0 aromatic carbocycles. The molecule has 2 heteroatoms. The van der Waals surface area contributed by atoms with Gasteiger partial charge in [-0.25, -0.2) is 0 Å². The highest BCUT2D eigenvalue weighted by Crippen LogP contribution is 2.28. The van der Waals surface area contributed by atoms with E-state index in [-0.39, 0.29) is 0 Å². The molecule has 0 aromatic heterocycles. The Morgan fingerprint density at radius 2 is 2.00 bits per heavy atom. The van der Waals surface area contributed by atoms with Gasteiger partial charge < -0.3 is 5.32 Å². The fourth-order valence-corrected chi connectivity index (χ4v) is 1.91. The van der Waals surface area contributed by atoms with E-state index in [4.69, 9.17) is 11.6 Å². The van der Waals surface area contributed by atoms with Gasteiger partial charge in [-0.1, -0.05) is 25.0 Å². The van der Waals surface area contributed by atoms with Crippen LogP contribution in [0.25, 0.3) is 0 Å². The van der Waals surface area contributed by atoms with Crippen molar-refractivity contribution < 1.29 is 0 Å². The Labute approximate surface area is 80.2 Å². The van der Waals surface area contributed by atoms with Crippen LogP contribution >= 0.6 is 11.6 Å². The molecule has 0 aliphatic heterocycles. The molecule has 0 aromatic rings. The highest BCUT2D eigenvalue weighted by molar-refractivity contribution is 6.18. The maximum atomic E-state index is 5.52. The van der Waals surface area contributed by atoms with Crippen molar-refractivity contribution in [1.29, 1.82) is 0 Å². The summed E-state index contributed by atoms with van der Waals surface area (Å²) < 4.78 is 0. The molecule has 1 nitrogen and oxygen atoms in total. The lowest BCUT2D eigenvalue weighted by molar-refractivity contribution is 0.382. The monoisotopic (exact) mass is 187 g/mol. The van der Waals surface area contributed by atoms with Crippen LogP contribution in [0.3, 0.4) is 0 Å². The summed E-state index contributed by atoms with van der Waals surface area (Å²) in [7, 11) is 0. The number of hydrogen-bond donors (Lipinski definition) is 1. The number of halogens is 1. The van der Waals surface area contributed by atoms with Gasteiger partial charge in [0, 0.05) is 18.0 Å². The van der Waals surface area contributed by atoms with Crippen molar-refractivity contribution in [2.75, 3.05) is 12.4 Å². The number of allylic oxidation sites excluding steroid dienone is 1. The van der Waals surface area contributed by atoms with Crippen LogP contribution in [0.4, 0.5) is 0 Å². The second-order valence-electron chi connectivity index (χ2n) is 3.77. The van der Waals surface area contributed by atoms with Crippen molar-refractivity contribution in [3.05, 3.63) is 12.2 Å². The summed E-state index contributed by atoms with van der Waals surface area (Å²) in [4.78, 5) is 0. The van der Waals surface area contributed by atoms with Gasteiger partial charge in [0.2, 0.25) is 0 Å². The molecule has 1 fully saturated rings. The Morgan fingerprint density at radius 1 is 1.33 bits per heavy atom. The molecule has 1 aliphatic rings. The largest absolute Gasteiger partial charge is 0.308 e. The van der Waals surface area contributed by atoms with Crippen LogP contribution in [-0.4, -0.2) is 18.0 Å². The van der Waals surface area contributed by atoms with E-state index in [1.807, 2.05) is 6.08 Å². The topological polar surface area (TPSA) is 12.0 Å². The zero-order chi connectivity index (χ0) is 8.86. The van der Waals surface area contributed by atoms with Gasteiger partial charge in [-0.2, -0.15) is 0 Å². The molecule has 12 heavy (non-hydrogen) atoms. The van der Waals surface area contributed by atoms with Gasteiger partial charge in [-0.15, -0.1) is 11.6 Å². The fourth-order valence-electron chi connectivity index (χ4n) is 1.78. The van der Waals surface area contributed by atoms with Crippen molar-refractivity contribution in [3.8, 4) is 0 Å². The van der Waals surface area contributed by atoms with E-state index in [1.54, 1.807) is 0 Å². The Hall–Kier alpha value is -0.0100. The van der Waals surface area contributed by atoms with Crippen LogP contribution in [0.5, 0.6) is 0 Å². The van der Waals surface area contributed by atoms with Gasteiger partial charge in [0.25, 0.3) is 0 Å². The third-order valence-corrected chi connectivity index (χ3v) is 2.79. The van der Waals surface area contributed by atoms with Gasteiger partial charge in [-0.05, 0) is 19.8 Å². The fraction of sp³-hybridized carbons (Fsp3) is 0.800. The third-order valence-electron chi connectivity index (χ3n) is 2.61. The molecule has 0 bridgehead atoms. The first-order valence-corrected chi connectivity index (χ1v) is 5.26. The first-order chi connectivity index (χ1) is 5.77. The van der Waals surface area contributed by atoms with E-state index in [2.05, 4.69) is 18.3 Å². The molecule has 0 spiro atoms. The number of alkyl halides is 1. The Morgan fingerprint density at radius 3 is 2.58 bits per heavy atom. The summed E-state index contributed by atoms with van der Waals surface area (Å²) >= 11 is 5.52. The molecular formula is C10H18ClN. The zero-order valence-electron chi connectivity index (χ0n) is 7.78. The van der Waals surface area contributed by atoms with Crippen LogP contribution in [0.1, 0.15) is 32.6 Å². The molecule has 0 unspecified atom stereocenters. The Kier molecular flexibility index (Phi) is 4.10. The highest BCUT2D eigenvalue weighted by atomic mass is 35.5. The van der Waals surface area contributed by atoms with Crippen molar-refractivity contribution in [1.82, 2.24) is 5.32 Å². The van der Waals surface area contributed by atoms with Crippen LogP contribution < -0.4 is 5.32 Å². The molecule has 0 heterocycles. The van der Waals surface area contributed by atoms with E-state index in [0.717, 1.165) is 6.54 Å². The lowest BCUT2D eigenvalue weighted by Gasteiger charge is -2.24. The van der Waals surface area contributed by atoms with Crippen LogP contribution in [-0.2, 0) is 0 Å². The molecule has 0 amide bonds. The summed E-state index contributed by atoms with van der Waals surface area (Å²) in [6.45, 7) is 3.28. The summed E-state index contributed by atoms with van der Waals surface area (Å²) in [5, 5.41) is 3.55. The van der Waals surface area contributed by atoms with Crippen molar-refractivity contribution >= 4 is 11.6 Å². The van der Waals surface area contributed by atoms with E-state index >= 15 is 0 Å². The van der Waals surface area contributed by atoms with Crippen LogP contribution in [0, 0.1) is 0 Å². The highest BCUT2D eigenvalue weighted by Gasteiger charge is 2.26. The zero-order valence-corrected chi connectivity index (χ0v) is 8.53. The quantitative estimate of drug-likeness (QED) is 0.527. The third kappa shape index (κ3) is 3.16. The molecule has 1 N–H and O–H groups in total. The van der Waals surface area contributed by atoms with Gasteiger partial charge in [-0.3, -0.25) is 0 Å². The second kappa shape index (κ2) is 4.88. The standard InChI is InChI=1S/C10H18ClN/c1-10(6-2-3-7-10)12-9-5-4-8-11/h4-5,12H,2-3,6-9H2,1H3/b5-4+. The Bertz CT molecular complexity index is 148. The number of hydrogen-bond acceptors (Lipinski definition) is 1. The maximum Gasteiger partial charge on any atom is 0.0404 e. The minimum atomic E-state index is 0.399. The molecular weight excluding hydrogens is 170 g/mol. The van der Waals surface area contributed by atoms with Crippen molar-refractivity contribution in [2.45, 2.75) is 38.1 Å². The van der Waals surface area contributed by atoms with Crippen LogP contribution in [0.2, 0.25) is 0 Å². The smallest absolute Gasteiger partial charge is 0.0404 e. The normalized spacial score (nSPS) is 22.2. The Balaban J connectivity index is 2.17. The second-order valence-corrected chi connectivity index (χ2v) is 4.08. The predicted molar refractivity (Wildman–Crippen MR) is 54.7 cm³/mol. The summed E-state index contributed by atoms with van der Waals surface area (Å²) in [5.41, 5.74) is 0.399. The van der Waals surface area contributed by atoms with E-state index in [0.29, 0.717) is 11.4 Å². The minimum Gasteiger partial charge on any atom is -0.308 e. The molecule has 0 saturated heterocycles. The van der Waals surface area contributed by atoms with Gasteiger partial charge in [0.15, 0.2) is 0 Å². The lowest BCUT2D eigenvalue weighted by Crippen LogP contribution is -2.39. The van der Waals surface area contributed by atoms with Crippen molar-refractivity contribution in [2.24, 2.45) is 0 Å². The summed E-state index contributed by atoms with van der Waals surface area (Å²) in [6.07, 6.45) is 9.50. The van der Waals surface area contributed by atoms with Gasteiger partial charge in [0.05, 0.1) is 0 Å². The molecule has 1 aliphatic carbocycles. The predicted octanol–water partition coefficient (Wildman–Crippen LogP) is 2.70. The van der Waals surface area contributed by atoms with Gasteiger partial charge in [0.1, 0.15) is 0 Å². The summed E-state index contributed by atoms with van der Waals surface area (Å²) in [6, 6.07) is 0. The average molecular weight is 188 g/mol. The van der Waals surface area contributed by atoms with E-state index in [1.165, 1.54) is 25.7 Å². The first-order valence-electron chi connectivity index (χ1n) is 4.73. The van der Waals surface area contributed by atoms with Crippen LogP contribution in [0.15, 0.2) is 12.2 Å². The minimum absolute atomic E-state index is 0.399. The number of nitrogens with one attached hydrogen (secondary N) is 1. The van der Waals surface area contributed by atoms with Gasteiger partial charge >= 0.3 is 0 Å². The van der Waals surface area contributed by atoms with Crippen molar-refractivity contribution in [3.63, 3.8) is 0 Å². The number of rotatable bonds is 4. The van der Waals surface area contributed by atoms with E-state index in [9.17, 15) is 0 Å². The molecule has 70 valence electrons. The summed E-state index contributed by atoms with van der Waals surface area (Å²) in [5.74, 6) is 0.623. The SMILES string of the molecule is CC1(NC/C=C/CCl)CCCC1.